The minimum Gasteiger partial charge on any atom is -0.477 e. The molecule has 0 aromatic carbocycles. The van der Waals surface area contributed by atoms with Crippen molar-refractivity contribution >= 4 is 21.7 Å². The Morgan fingerprint density at radius 3 is 2.70 bits per heavy atom. The summed E-state index contributed by atoms with van der Waals surface area (Å²) in [6.45, 7) is 5.99. The Kier molecular flexibility index (Phi) is 9.08. The van der Waals surface area contributed by atoms with Crippen molar-refractivity contribution in [3.8, 4) is 11.7 Å². The molecule has 3 aromatic heterocycles. The van der Waals surface area contributed by atoms with E-state index >= 15 is 0 Å². The van der Waals surface area contributed by atoms with Crippen LogP contribution in [0.1, 0.15) is 88.4 Å². The molecule has 1 saturated heterocycles. The van der Waals surface area contributed by atoms with Crippen LogP contribution in [0.5, 0.6) is 5.88 Å². The molecule has 6 rings (SSSR count). The SMILES string of the molecule is CC1(C)C[C@H](CCCN)CN1c1nc(-n2ccc(OCCC3CCCCC34CC4)n2)ccc1C(=O)NS(=O)(=O)c1cccc(F)n1. The molecule has 2 saturated carbocycles. The van der Waals surface area contributed by atoms with Gasteiger partial charge >= 0.3 is 0 Å². The second-order valence-corrected chi connectivity index (χ2v) is 15.4. The lowest BCUT2D eigenvalue weighted by Gasteiger charge is -2.34. The van der Waals surface area contributed by atoms with E-state index in [0.717, 1.165) is 43.7 Å². The first-order valence-corrected chi connectivity index (χ1v) is 17.9. The molecule has 13 heteroatoms. The molecule has 4 heterocycles. The van der Waals surface area contributed by atoms with Gasteiger partial charge in [-0.1, -0.05) is 18.9 Å². The number of carbonyl (C=O) groups excluding carboxylic acids is 1. The fourth-order valence-corrected chi connectivity index (χ4v) is 8.47. The molecule has 3 fully saturated rings. The van der Waals surface area contributed by atoms with Gasteiger partial charge in [-0.15, -0.1) is 5.10 Å². The number of hydrogen-bond donors (Lipinski definition) is 2. The van der Waals surface area contributed by atoms with Crippen LogP contribution in [0.25, 0.3) is 5.82 Å². The third-order valence-corrected chi connectivity index (χ3v) is 11.3. The summed E-state index contributed by atoms with van der Waals surface area (Å²) in [5.74, 6) is 0.495. The lowest BCUT2D eigenvalue weighted by molar-refractivity contribution is 0.0981. The van der Waals surface area contributed by atoms with Crippen molar-refractivity contribution in [2.24, 2.45) is 23.0 Å². The standard InChI is InChI=1S/C33H44FN7O4S/c1-32(2)21-23(7-6-18-35)22-40(32)30-25(31(42)39-46(43,44)29-10-5-9-26(34)36-29)11-12-27(37-30)41-19-13-28(38-41)45-20-14-24-8-3-4-15-33(24)16-17-33/h5,9-13,19,23-24H,3-4,6-8,14-18,20-22,35H2,1-2H3,(H,39,42)/t23-,24?/m0/s1. The van der Waals surface area contributed by atoms with Gasteiger partial charge in [0, 0.05) is 24.3 Å². The normalized spacial score (nSPS) is 21.8. The summed E-state index contributed by atoms with van der Waals surface area (Å²) in [4.78, 5) is 23.9. The predicted octanol–water partition coefficient (Wildman–Crippen LogP) is 5.00. The minimum absolute atomic E-state index is 0.0707. The number of sulfonamides is 1. The summed E-state index contributed by atoms with van der Waals surface area (Å²) < 4.78 is 49.4. The number of carbonyl (C=O) groups is 1. The monoisotopic (exact) mass is 653 g/mol. The number of rotatable bonds is 12. The minimum atomic E-state index is -4.45. The Morgan fingerprint density at radius 1 is 1.11 bits per heavy atom. The number of nitrogens with two attached hydrogens (primary N) is 1. The first kappa shape index (κ1) is 32.4. The van der Waals surface area contributed by atoms with E-state index in [4.69, 9.17) is 15.5 Å². The molecule has 3 aromatic rings. The lowest BCUT2D eigenvalue weighted by atomic mass is 9.75. The van der Waals surface area contributed by atoms with Crippen LogP contribution in [0.3, 0.4) is 0 Å². The highest BCUT2D eigenvalue weighted by molar-refractivity contribution is 7.90. The third kappa shape index (κ3) is 6.90. The predicted molar refractivity (Wildman–Crippen MR) is 172 cm³/mol. The van der Waals surface area contributed by atoms with Crippen LogP contribution < -0.4 is 20.1 Å². The molecule has 46 heavy (non-hydrogen) atoms. The Morgan fingerprint density at radius 2 is 1.93 bits per heavy atom. The highest BCUT2D eigenvalue weighted by Crippen LogP contribution is 2.60. The van der Waals surface area contributed by atoms with E-state index in [-0.39, 0.29) is 11.1 Å². The van der Waals surface area contributed by atoms with Crippen molar-refractivity contribution in [2.75, 3.05) is 24.6 Å². The molecule has 0 bridgehead atoms. The summed E-state index contributed by atoms with van der Waals surface area (Å²) in [6, 6.07) is 8.35. The molecular weight excluding hydrogens is 609 g/mol. The van der Waals surface area contributed by atoms with E-state index < -0.39 is 26.9 Å². The number of aromatic nitrogens is 4. The zero-order valence-corrected chi connectivity index (χ0v) is 27.4. The number of amides is 1. The van der Waals surface area contributed by atoms with E-state index in [0.29, 0.717) is 48.5 Å². The molecule has 11 nitrogen and oxygen atoms in total. The molecule has 3 aliphatic rings. The van der Waals surface area contributed by atoms with Gasteiger partial charge in [-0.05, 0) is 113 Å². The maximum Gasteiger partial charge on any atom is 0.281 e. The number of nitrogens with zero attached hydrogens (tertiary/aromatic N) is 5. The number of pyridine rings is 2. The number of halogens is 1. The van der Waals surface area contributed by atoms with Crippen LogP contribution in [0, 0.1) is 23.2 Å². The van der Waals surface area contributed by atoms with Gasteiger partial charge in [0.25, 0.3) is 15.9 Å². The summed E-state index contributed by atoms with van der Waals surface area (Å²) in [7, 11) is -4.45. The van der Waals surface area contributed by atoms with Crippen molar-refractivity contribution in [1.29, 1.82) is 0 Å². The van der Waals surface area contributed by atoms with Crippen molar-refractivity contribution in [3.05, 3.63) is 54.1 Å². The van der Waals surface area contributed by atoms with Gasteiger partial charge in [-0.2, -0.15) is 12.8 Å². The number of anilines is 1. The smallest absolute Gasteiger partial charge is 0.281 e. The van der Waals surface area contributed by atoms with E-state index in [1.54, 1.807) is 29.1 Å². The second-order valence-electron chi connectivity index (χ2n) is 13.7. The average molecular weight is 654 g/mol. The Balaban J connectivity index is 1.24. The number of nitrogens with one attached hydrogen (secondary N) is 1. The molecule has 1 unspecified atom stereocenters. The van der Waals surface area contributed by atoms with Crippen LogP contribution in [0.4, 0.5) is 10.2 Å². The number of ether oxygens (including phenoxy) is 1. The van der Waals surface area contributed by atoms with E-state index in [1.165, 1.54) is 44.6 Å². The molecule has 2 aliphatic carbocycles. The summed E-state index contributed by atoms with van der Waals surface area (Å²) in [5, 5.41) is 4.03. The molecule has 248 valence electrons. The van der Waals surface area contributed by atoms with Gasteiger partial charge in [-0.25, -0.2) is 19.4 Å². The van der Waals surface area contributed by atoms with Crippen LogP contribution in [0.2, 0.25) is 0 Å². The van der Waals surface area contributed by atoms with Crippen molar-refractivity contribution in [3.63, 3.8) is 0 Å². The zero-order valence-electron chi connectivity index (χ0n) is 26.6. The van der Waals surface area contributed by atoms with Gasteiger partial charge in [0.1, 0.15) is 5.82 Å². The number of hydrogen-bond acceptors (Lipinski definition) is 9. The van der Waals surface area contributed by atoms with E-state index in [2.05, 4.69) is 33.6 Å². The van der Waals surface area contributed by atoms with Gasteiger partial charge in [0.2, 0.25) is 11.8 Å². The molecular formula is C33H44FN7O4S. The molecule has 3 N–H and O–H groups in total. The fraction of sp³-hybridized carbons (Fsp3) is 0.576. The summed E-state index contributed by atoms with van der Waals surface area (Å²) in [5.41, 5.74) is 6.04. The van der Waals surface area contributed by atoms with Crippen molar-refractivity contribution < 1.29 is 22.3 Å². The second kappa shape index (κ2) is 12.9. The van der Waals surface area contributed by atoms with Gasteiger partial charge in [0.15, 0.2) is 10.8 Å². The highest BCUT2D eigenvalue weighted by Gasteiger charge is 2.49. The average Bonchev–Trinajstić information content (AvgIpc) is 3.49. The molecule has 1 aliphatic heterocycles. The van der Waals surface area contributed by atoms with Crippen molar-refractivity contribution in [2.45, 2.75) is 88.6 Å². The molecule has 1 spiro atoms. The Labute approximate surface area is 270 Å². The van der Waals surface area contributed by atoms with E-state index in [1.807, 2.05) is 0 Å². The van der Waals surface area contributed by atoms with Crippen LogP contribution in [0.15, 0.2) is 47.6 Å². The first-order valence-electron chi connectivity index (χ1n) is 16.4. The summed E-state index contributed by atoms with van der Waals surface area (Å²) in [6.07, 6.45) is 13.4. The zero-order chi connectivity index (χ0) is 32.5. The van der Waals surface area contributed by atoms with Gasteiger partial charge in [0.05, 0.1) is 12.2 Å². The van der Waals surface area contributed by atoms with Gasteiger partial charge in [-0.3, -0.25) is 4.79 Å². The Hall–Kier alpha value is -3.58. The fourth-order valence-electron chi connectivity index (χ4n) is 7.54. The Bertz CT molecular complexity index is 1670. The third-order valence-electron chi connectivity index (χ3n) is 10.1. The highest BCUT2D eigenvalue weighted by atomic mass is 32.2. The summed E-state index contributed by atoms with van der Waals surface area (Å²) >= 11 is 0. The lowest BCUT2D eigenvalue weighted by Crippen LogP contribution is -2.41. The maximum atomic E-state index is 13.7. The quantitative estimate of drug-likeness (QED) is 0.258. The molecule has 1 amide bonds. The molecule has 2 atom stereocenters. The van der Waals surface area contributed by atoms with Crippen LogP contribution in [-0.4, -0.2) is 59.3 Å². The van der Waals surface area contributed by atoms with Crippen LogP contribution in [-0.2, 0) is 10.0 Å². The largest absolute Gasteiger partial charge is 0.477 e. The maximum absolute atomic E-state index is 13.7. The van der Waals surface area contributed by atoms with Gasteiger partial charge < -0.3 is 15.4 Å². The van der Waals surface area contributed by atoms with E-state index in [9.17, 15) is 17.6 Å². The van der Waals surface area contributed by atoms with Crippen LogP contribution >= 0.6 is 0 Å². The van der Waals surface area contributed by atoms with Crippen molar-refractivity contribution in [1.82, 2.24) is 24.5 Å². The first-order chi connectivity index (χ1) is 22.0. The molecule has 0 radical (unpaired) electrons. The topological polar surface area (TPSA) is 145 Å².